The van der Waals surface area contributed by atoms with Crippen LogP contribution in [0.3, 0.4) is 0 Å². The topological polar surface area (TPSA) is 71.1 Å². The molecular weight excluding hydrogens is 432 g/mol. The van der Waals surface area contributed by atoms with E-state index in [9.17, 15) is 9.59 Å². The molecule has 0 saturated carbocycles. The maximum Gasteiger partial charge on any atom is 0.343 e. The van der Waals surface area contributed by atoms with Gasteiger partial charge in [-0.3, -0.25) is 4.79 Å². The highest BCUT2D eigenvalue weighted by Crippen LogP contribution is 2.29. The maximum absolute atomic E-state index is 12.0. The minimum absolute atomic E-state index is 0.180. The molecule has 0 spiro atoms. The highest BCUT2D eigenvalue weighted by molar-refractivity contribution is 5.91. The first kappa shape index (κ1) is 26.2. The predicted molar refractivity (Wildman–Crippen MR) is 131 cm³/mol. The Balaban J connectivity index is 0.000000257. The molecule has 0 fully saturated rings. The number of esters is 2. The third-order valence-corrected chi connectivity index (χ3v) is 4.67. The highest BCUT2D eigenvalue weighted by atomic mass is 16.6. The molecule has 3 rings (SSSR count). The van der Waals surface area contributed by atoms with Crippen molar-refractivity contribution in [3.05, 3.63) is 102 Å². The molecular formula is C28H30O6. The van der Waals surface area contributed by atoms with Gasteiger partial charge in [0.2, 0.25) is 0 Å². The average Bonchev–Trinajstić information content (AvgIpc) is 2.89. The first-order chi connectivity index (χ1) is 16.5. The first-order valence-corrected chi connectivity index (χ1v) is 10.8. The van der Waals surface area contributed by atoms with Crippen LogP contribution >= 0.6 is 0 Å². The summed E-state index contributed by atoms with van der Waals surface area (Å²) in [5, 5.41) is 0. The molecule has 0 aliphatic rings. The largest absolute Gasteiger partial charge is 0.497 e. The number of rotatable bonds is 9. The van der Waals surface area contributed by atoms with Crippen molar-refractivity contribution < 1.29 is 28.5 Å². The molecule has 6 nitrogen and oxygen atoms in total. The molecule has 0 aliphatic carbocycles. The van der Waals surface area contributed by atoms with Gasteiger partial charge < -0.3 is 18.9 Å². The molecule has 0 aromatic heterocycles. The summed E-state index contributed by atoms with van der Waals surface area (Å²) in [5.74, 6) is 1.17. The lowest BCUT2D eigenvalue weighted by atomic mass is 10.1. The Morgan fingerprint density at radius 3 is 2.12 bits per heavy atom. The van der Waals surface area contributed by atoms with Crippen LogP contribution in [0.4, 0.5) is 0 Å². The smallest absolute Gasteiger partial charge is 0.343 e. The molecule has 0 radical (unpaired) electrons. The fraction of sp³-hybridized carbons (Fsp3) is 0.214. The molecule has 0 bridgehead atoms. The molecule has 0 N–H and O–H groups in total. The van der Waals surface area contributed by atoms with Gasteiger partial charge in [0.05, 0.1) is 19.8 Å². The van der Waals surface area contributed by atoms with E-state index in [0.29, 0.717) is 30.1 Å². The van der Waals surface area contributed by atoms with Gasteiger partial charge in [-0.2, -0.15) is 0 Å². The standard InChI is InChI=1S/C17H16O3.C11H14O3/c1-3-7-13-10-11-15(16(12-13)19-2)20-17(18)14-8-5-4-6-9-14;1-3-11(12)14-8-9-4-6-10(13-2)7-5-9/h3-6,8-12H,1,7H2,2H3;4-7H,3,8H2,1-2H3. The zero-order valence-electron chi connectivity index (χ0n) is 19.8. The normalized spacial score (nSPS) is 9.74. The first-order valence-electron chi connectivity index (χ1n) is 10.8. The van der Waals surface area contributed by atoms with Crippen molar-refractivity contribution in [3.8, 4) is 17.2 Å². The van der Waals surface area contributed by atoms with Crippen molar-refractivity contribution in [3.63, 3.8) is 0 Å². The van der Waals surface area contributed by atoms with E-state index in [0.717, 1.165) is 23.3 Å². The lowest BCUT2D eigenvalue weighted by Crippen LogP contribution is -2.09. The minimum atomic E-state index is -0.402. The molecule has 0 aliphatic heterocycles. The number of allylic oxidation sites excluding steroid dienone is 1. The average molecular weight is 463 g/mol. The molecule has 0 unspecified atom stereocenters. The Morgan fingerprint density at radius 1 is 0.853 bits per heavy atom. The van der Waals surface area contributed by atoms with E-state index < -0.39 is 5.97 Å². The minimum Gasteiger partial charge on any atom is -0.497 e. The Hall–Kier alpha value is -4.06. The van der Waals surface area contributed by atoms with Crippen LogP contribution in [0, 0.1) is 0 Å². The second-order valence-electron chi connectivity index (χ2n) is 7.10. The van der Waals surface area contributed by atoms with Crippen LogP contribution in [0.5, 0.6) is 17.2 Å². The van der Waals surface area contributed by atoms with Crippen LogP contribution in [0.25, 0.3) is 0 Å². The fourth-order valence-electron chi connectivity index (χ4n) is 2.81. The van der Waals surface area contributed by atoms with E-state index in [1.807, 2.05) is 48.5 Å². The second kappa shape index (κ2) is 14.2. The Kier molecular flexibility index (Phi) is 10.9. The van der Waals surface area contributed by atoms with Gasteiger partial charge in [-0.05, 0) is 53.9 Å². The van der Waals surface area contributed by atoms with Crippen LogP contribution in [-0.4, -0.2) is 26.2 Å². The van der Waals surface area contributed by atoms with E-state index >= 15 is 0 Å². The number of methoxy groups -OCH3 is 2. The van der Waals surface area contributed by atoms with E-state index in [2.05, 4.69) is 6.58 Å². The van der Waals surface area contributed by atoms with Crippen LogP contribution in [-0.2, 0) is 22.6 Å². The third kappa shape index (κ3) is 8.47. The van der Waals surface area contributed by atoms with E-state index in [1.165, 1.54) is 0 Å². The summed E-state index contributed by atoms with van der Waals surface area (Å²) >= 11 is 0. The van der Waals surface area contributed by atoms with Crippen molar-refractivity contribution in [2.24, 2.45) is 0 Å². The molecule has 3 aromatic rings. The lowest BCUT2D eigenvalue weighted by molar-refractivity contribution is -0.144. The summed E-state index contributed by atoms with van der Waals surface area (Å²) in [7, 11) is 3.17. The van der Waals surface area contributed by atoms with Crippen molar-refractivity contribution in [2.75, 3.05) is 14.2 Å². The summed E-state index contributed by atoms with van der Waals surface area (Å²) in [6.45, 7) is 5.80. The Morgan fingerprint density at radius 2 is 1.53 bits per heavy atom. The second-order valence-corrected chi connectivity index (χ2v) is 7.10. The number of hydrogen-bond donors (Lipinski definition) is 0. The summed E-state index contributed by atoms with van der Waals surface area (Å²) in [6.07, 6.45) is 2.96. The van der Waals surface area contributed by atoms with Crippen LogP contribution in [0.1, 0.15) is 34.8 Å². The van der Waals surface area contributed by atoms with Crippen molar-refractivity contribution >= 4 is 11.9 Å². The third-order valence-electron chi connectivity index (χ3n) is 4.67. The molecule has 0 atom stereocenters. The summed E-state index contributed by atoms with van der Waals surface area (Å²) < 4.78 is 20.6. The summed E-state index contributed by atoms with van der Waals surface area (Å²) in [6, 6.07) is 21.8. The number of benzene rings is 3. The zero-order chi connectivity index (χ0) is 24.8. The monoisotopic (exact) mass is 462 g/mol. The molecule has 0 heterocycles. The van der Waals surface area contributed by atoms with Crippen molar-refractivity contribution in [1.29, 1.82) is 0 Å². The summed E-state index contributed by atoms with van der Waals surface area (Å²) in [4.78, 5) is 22.9. The van der Waals surface area contributed by atoms with Gasteiger partial charge in [-0.1, -0.05) is 49.4 Å². The van der Waals surface area contributed by atoms with Crippen LogP contribution < -0.4 is 14.2 Å². The number of carbonyl (C=O) groups is 2. The van der Waals surface area contributed by atoms with Crippen LogP contribution in [0.15, 0.2) is 85.5 Å². The van der Waals surface area contributed by atoms with Gasteiger partial charge in [-0.25, -0.2) is 4.79 Å². The van der Waals surface area contributed by atoms with Gasteiger partial charge in [0.15, 0.2) is 11.5 Å². The van der Waals surface area contributed by atoms with E-state index in [1.54, 1.807) is 51.5 Å². The molecule has 178 valence electrons. The van der Waals surface area contributed by atoms with E-state index in [-0.39, 0.29) is 5.97 Å². The quantitative estimate of drug-likeness (QED) is 0.228. The van der Waals surface area contributed by atoms with Crippen molar-refractivity contribution in [2.45, 2.75) is 26.4 Å². The molecule has 3 aromatic carbocycles. The lowest BCUT2D eigenvalue weighted by Gasteiger charge is -2.10. The number of hydrogen-bond acceptors (Lipinski definition) is 6. The molecule has 0 amide bonds. The Bertz CT molecular complexity index is 1060. The fourth-order valence-corrected chi connectivity index (χ4v) is 2.81. The van der Waals surface area contributed by atoms with Gasteiger partial charge in [0.1, 0.15) is 12.4 Å². The molecule has 6 heteroatoms. The number of ether oxygens (including phenoxy) is 4. The molecule has 34 heavy (non-hydrogen) atoms. The highest BCUT2D eigenvalue weighted by Gasteiger charge is 2.12. The van der Waals surface area contributed by atoms with Gasteiger partial charge in [0, 0.05) is 6.42 Å². The number of carbonyl (C=O) groups excluding carboxylic acids is 2. The van der Waals surface area contributed by atoms with Gasteiger partial charge >= 0.3 is 11.9 Å². The predicted octanol–water partition coefficient (Wildman–Crippen LogP) is 5.79. The Labute approximate surface area is 200 Å². The zero-order valence-corrected chi connectivity index (χ0v) is 19.8. The summed E-state index contributed by atoms with van der Waals surface area (Å²) in [5.41, 5.74) is 2.52. The molecule has 0 saturated heterocycles. The van der Waals surface area contributed by atoms with Crippen LogP contribution in [0.2, 0.25) is 0 Å². The van der Waals surface area contributed by atoms with Crippen molar-refractivity contribution in [1.82, 2.24) is 0 Å². The van der Waals surface area contributed by atoms with Gasteiger partial charge in [0.25, 0.3) is 0 Å². The van der Waals surface area contributed by atoms with E-state index in [4.69, 9.17) is 18.9 Å². The SMILES string of the molecule is C=CCc1ccc(OC(=O)c2ccccc2)c(OC)c1.CCC(=O)OCc1ccc(OC)cc1. The van der Waals surface area contributed by atoms with Gasteiger partial charge in [-0.15, -0.1) is 6.58 Å². The maximum atomic E-state index is 12.0.